The van der Waals surface area contributed by atoms with Gasteiger partial charge in [0.15, 0.2) is 0 Å². The topological polar surface area (TPSA) is 123 Å². The molecule has 2 amide bonds. The molecule has 0 radical (unpaired) electrons. The van der Waals surface area contributed by atoms with Crippen LogP contribution in [0.15, 0.2) is 59.7 Å². The van der Waals surface area contributed by atoms with Crippen molar-refractivity contribution in [2.24, 2.45) is 10.9 Å². The fourth-order valence-corrected chi connectivity index (χ4v) is 2.78. The number of rotatable bonds is 10. The minimum Gasteiger partial charge on any atom is -0.466 e. The second-order valence-corrected chi connectivity index (χ2v) is 6.49. The van der Waals surface area contributed by atoms with Gasteiger partial charge in [-0.05, 0) is 30.2 Å². The van der Waals surface area contributed by atoms with Gasteiger partial charge >= 0.3 is 5.97 Å². The SMILES string of the molecule is CCOC(=O)CC(NC(=O)CCC(=O)Nc1ccc(C=NN)cc1)c1ccccc1. The third-order valence-electron chi connectivity index (χ3n) is 4.21. The largest absolute Gasteiger partial charge is 0.466 e. The predicted octanol–water partition coefficient (Wildman–Crippen LogP) is 2.51. The Kier molecular flexibility index (Phi) is 9.05. The summed E-state index contributed by atoms with van der Waals surface area (Å²) >= 11 is 0. The van der Waals surface area contributed by atoms with Crippen LogP contribution in [0, 0.1) is 0 Å². The van der Waals surface area contributed by atoms with Gasteiger partial charge in [-0.2, -0.15) is 5.10 Å². The molecule has 8 heteroatoms. The van der Waals surface area contributed by atoms with Crippen molar-refractivity contribution in [2.45, 2.75) is 32.2 Å². The highest BCUT2D eigenvalue weighted by Crippen LogP contribution is 2.18. The van der Waals surface area contributed by atoms with Crippen LogP contribution in [0.2, 0.25) is 0 Å². The van der Waals surface area contributed by atoms with E-state index in [1.807, 2.05) is 30.3 Å². The molecule has 0 aliphatic heterocycles. The van der Waals surface area contributed by atoms with Crippen LogP contribution < -0.4 is 16.5 Å². The van der Waals surface area contributed by atoms with E-state index in [-0.39, 0.29) is 37.7 Å². The molecule has 0 bridgehead atoms. The summed E-state index contributed by atoms with van der Waals surface area (Å²) in [6, 6.07) is 15.6. The van der Waals surface area contributed by atoms with E-state index in [1.165, 1.54) is 6.21 Å². The summed E-state index contributed by atoms with van der Waals surface area (Å²) in [5.74, 6) is 4.09. The van der Waals surface area contributed by atoms with Crippen molar-refractivity contribution in [3.63, 3.8) is 0 Å². The van der Waals surface area contributed by atoms with Crippen LogP contribution in [0.25, 0.3) is 0 Å². The Bertz CT molecular complexity index is 866. The maximum absolute atomic E-state index is 12.4. The first-order valence-electron chi connectivity index (χ1n) is 9.65. The van der Waals surface area contributed by atoms with Crippen LogP contribution in [-0.4, -0.2) is 30.6 Å². The lowest BCUT2D eigenvalue weighted by molar-refractivity contribution is -0.144. The van der Waals surface area contributed by atoms with Gasteiger partial charge < -0.3 is 21.2 Å². The smallest absolute Gasteiger partial charge is 0.308 e. The number of benzene rings is 2. The average Bonchev–Trinajstić information content (AvgIpc) is 2.74. The first-order chi connectivity index (χ1) is 14.5. The highest BCUT2D eigenvalue weighted by Gasteiger charge is 2.19. The molecular formula is C22H26N4O4. The van der Waals surface area contributed by atoms with E-state index >= 15 is 0 Å². The molecule has 1 atom stereocenters. The van der Waals surface area contributed by atoms with E-state index < -0.39 is 12.0 Å². The molecule has 0 aromatic heterocycles. The third kappa shape index (κ3) is 7.75. The maximum atomic E-state index is 12.4. The van der Waals surface area contributed by atoms with E-state index in [2.05, 4.69) is 15.7 Å². The first kappa shape index (κ1) is 22.6. The van der Waals surface area contributed by atoms with Gasteiger partial charge in [-0.15, -0.1) is 0 Å². The summed E-state index contributed by atoms with van der Waals surface area (Å²) in [5, 5.41) is 8.98. The fourth-order valence-electron chi connectivity index (χ4n) is 2.78. The van der Waals surface area contributed by atoms with Crippen molar-refractivity contribution in [2.75, 3.05) is 11.9 Å². The molecule has 8 nitrogen and oxygen atoms in total. The van der Waals surface area contributed by atoms with E-state index in [0.717, 1.165) is 11.1 Å². The Balaban J connectivity index is 1.88. The van der Waals surface area contributed by atoms with Gasteiger partial charge in [0.1, 0.15) is 0 Å². The summed E-state index contributed by atoms with van der Waals surface area (Å²) in [6.07, 6.45) is 1.53. The molecular weight excluding hydrogens is 384 g/mol. The van der Waals surface area contributed by atoms with Gasteiger partial charge in [-0.25, -0.2) is 0 Å². The van der Waals surface area contributed by atoms with Gasteiger partial charge in [-0.3, -0.25) is 14.4 Å². The van der Waals surface area contributed by atoms with Gasteiger partial charge in [-0.1, -0.05) is 42.5 Å². The first-order valence-corrected chi connectivity index (χ1v) is 9.65. The minimum absolute atomic E-state index is 0.00406. The van der Waals surface area contributed by atoms with Crippen molar-refractivity contribution in [3.05, 3.63) is 65.7 Å². The molecule has 0 fully saturated rings. The van der Waals surface area contributed by atoms with Gasteiger partial charge in [0.2, 0.25) is 11.8 Å². The maximum Gasteiger partial charge on any atom is 0.308 e. The lowest BCUT2D eigenvalue weighted by atomic mass is 10.0. The molecule has 2 rings (SSSR count). The molecule has 30 heavy (non-hydrogen) atoms. The molecule has 158 valence electrons. The highest BCUT2D eigenvalue weighted by molar-refractivity contribution is 5.93. The van der Waals surface area contributed by atoms with Crippen molar-refractivity contribution in [3.8, 4) is 0 Å². The fraction of sp³-hybridized carbons (Fsp3) is 0.273. The number of anilines is 1. The zero-order chi connectivity index (χ0) is 21.8. The molecule has 0 saturated carbocycles. The van der Waals surface area contributed by atoms with Gasteiger partial charge in [0.25, 0.3) is 0 Å². The highest BCUT2D eigenvalue weighted by atomic mass is 16.5. The number of hydrogen-bond acceptors (Lipinski definition) is 6. The Hall–Kier alpha value is -3.68. The zero-order valence-electron chi connectivity index (χ0n) is 16.8. The Morgan fingerprint density at radius 2 is 1.70 bits per heavy atom. The number of hydrazone groups is 1. The summed E-state index contributed by atoms with van der Waals surface area (Å²) in [7, 11) is 0. The van der Waals surface area contributed by atoms with Crippen molar-refractivity contribution >= 4 is 29.7 Å². The predicted molar refractivity (Wildman–Crippen MR) is 115 cm³/mol. The Morgan fingerprint density at radius 3 is 2.33 bits per heavy atom. The molecule has 0 aliphatic rings. The molecule has 0 heterocycles. The molecule has 0 aliphatic carbocycles. The summed E-state index contributed by atoms with van der Waals surface area (Å²) in [6.45, 7) is 2.00. The van der Waals surface area contributed by atoms with Gasteiger partial charge in [0.05, 0.1) is 25.3 Å². The summed E-state index contributed by atoms with van der Waals surface area (Å²) < 4.78 is 4.99. The van der Waals surface area contributed by atoms with Crippen LogP contribution >= 0.6 is 0 Å². The van der Waals surface area contributed by atoms with Crippen LogP contribution in [0.5, 0.6) is 0 Å². The average molecular weight is 410 g/mol. The number of hydrogen-bond donors (Lipinski definition) is 3. The molecule has 0 saturated heterocycles. The number of esters is 1. The molecule has 2 aromatic carbocycles. The molecule has 1 unspecified atom stereocenters. The van der Waals surface area contributed by atoms with Crippen LogP contribution in [0.3, 0.4) is 0 Å². The standard InChI is InChI=1S/C22H26N4O4/c1-2-30-22(29)14-19(17-6-4-3-5-7-17)26-21(28)13-12-20(27)25-18-10-8-16(9-11-18)15-24-23/h3-11,15,19H,2,12-14,23H2,1H3,(H,25,27)(H,26,28). The molecule has 0 spiro atoms. The number of carbonyl (C=O) groups excluding carboxylic acids is 3. The third-order valence-corrected chi connectivity index (χ3v) is 4.21. The van der Waals surface area contributed by atoms with E-state index in [0.29, 0.717) is 5.69 Å². The summed E-state index contributed by atoms with van der Waals surface area (Å²) in [4.78, 5) is 36.4. The number of nitrogens with one attached hydrogen (secondary N) is 2. The quantitative estimate of drug-likeness (QED) is 0.240. The molecule has 2 aromatic rings. The van der Waals surface area contributed by atoms with Gasteiger partial charge in [0, 0.05) is 18.5 Å². The number of carbonyl (C=O) groups is 3. The van der Waals surface area contributed by atoms with Crippen molar-refractivity contribution in [1.29, 1.82) is 0 Å². The Labute approximate surface area is 175 Å². The van der Waals surface area contributed by atoms with Crippen LogP contribution in [0.4, 0.5) is 5.69 Å². The lowest BCUT2D eigenvalue weighted by Crippen LogP contribution is -2.31. The number of amides is 2. The molecule has 4 N–H and O–H groups in total. The van der Waals surface area contributed by atoms with Crippen LogP contribution in [0.1, 0.15) is 43.4 Å². The minimum atomic E-state index is -0.516. The van der Waals surface area contributed by atoms with Crippen molar-refractivity contribution in [1.82, 2.24) is 5.32 Å². The monoisotopic (exact) mass is 410 g/mol. The number of nitrogens with zero attached hydrogens (tertiary/aromatic N) is 1. The Morgan fingerprint density at radius 1 is 1.03 bits per heavy atom. The normalized spacial score (nSPS) is 11.6. The lowest BCUT2D eigenvalue weighted by Gasteiger charge is -2.18. The second-order valence-electron chi connectivity index (χ2n) is 6.49. The van der Waals surface area contributed by atoms with Crippen molar-refractivity contribution < 1.29 is 19.1 Å². The van der Waals surface area contributed by atoms with E-state index in [4.69, 9.17) is 10.6 Å². The van der Waals surface area contributed by atoms with E-state index in [9.17, 15) is 14.4 Å². The second kappa shape index (κ2) is 12.0. The number of ether oxygens (including phenoxy) is 1. The zero-order valence-corrected chi connectivity index (χ0v) is 16.8. The summed E-state index contributed by atoms with van der Waals surface area (Å²) in [5.41, 5.74) is 2.21. The number of nitrogens with two attached hydrogens (primary N) is 1. The van der Waals surface area contributed by atoms with Crippen LogP contribution in [-0.2, 0) is 19.1 Å². The van der Waals surface area contributed by atoms with E-state index in [1.54, 1.807) is 31.2 Å².